The van der Waals surface area contributed by atoms with Crippen LogP contribution in [0.5, 0.6) is 5.75 Å². The van der Waals surface area contributed by atoms with E-state index in [0.717, 1.165) is 28.2 Å². The monoisotopic (exact) mass is 403 g/mol. The molecule has 30 heavy (non-hydrogen) atoms. The Labute approximate surface area is 174 Å². The lowest BCUT2D eigenvalue weighted by Crippen LogP contribution is -2.57. The van der Waals surface area contributed by atoms with Gasteiger partial charge in [-0.15, -0.1) is 0 Å². The van der Waals surface area contributed by atoms with Gasteiger partial charge in [-0.3, -0.25) is 9.80 Å². The van der Waals surface area contributed by atoms with Gasteiger partial charge in [0.05, 0.1) is 30.7 Å². The third-order valence-electron chi connectivity index (χ3n) is 5.72. The number of halogens is 1. The molecule has 2 heterocycles. The summed E-state index contributed by atoms with van der Waals surface area (Å²) in [7, 11) is 1.57. The number of nitrogens with zero attached hydrogens (tertiary/aromatic N) is 2. The van der Waals surface area contributed by atoms with Crippen molar-refractivity contribution in [1.29, 1.82) is 0 Å². The van der Waals surface area contributed by atoms with Crippen LogP contribution in [0.25, 0.3) is 11.1 Å². The van der Waals surface area contributed by atoms with Crippen LogP contribution in [0.1, 0.15) is 19.4 Å². The number of hydrogen-bond donors (Lipinski definition) is 1. The first-order valence-corrected chi connectivity index (χ1v) is 9.86. The fourth-order valence-electron chi connectivity index (χ4n) is 4.30. The lowest BCUT2D eigenvalue weighted by molar-refractivity contribution is -0.122. The number of methoxy groups -OCH3 is 1. The second kappa shape index (κ2) is 6.49. The van der Waals surface area contributed by atoms with Crippen molar-refractivity contribution in [1.82, 2.24) is 0 Å². The van der Waals surface area contributed by atoms with Gasteiger partial charge in [0, 0.05) is 11.1 Å². The van der Waals surface area contributed by atoms with E-state index in [1.807, 2.05) is 61.3 Å². The SMILES string of the molecule is COc1ccc(F)cc1-c1ccc2c3c1CN(c1ccccc1)N3C(=O)C(C)(C)N2. The van der Waals surface area contributed by atoms with Crippen molar-refractivity contribution in [2.45, 2.75) is 25.9 Å². The molecule has 0 atom stereocenters. The number of hydrazine groups is 1. The molecule has 2 aliphatic rings. The number of nitrogens with one attached hydrogen (secondary N) is 1. The summed E-state index contributed by atoms with van der Waals surface area (Å²) in [6, 6.07) is 18.2. The fraction of sp³-hybridized carbons (Fsp3) is 0.208. The van der Waals surface area contributed by atoms with Crippen molar-refractivity contribution < 1.29 is 13.9 Å². The molecule has 0 saturated heterocycles. The van der Waals surface area contributed by atoms with Crippen LogP contribution >= 0.6 is 0 Å². The van der Waals surface area contributed by atoms with E-state index in [1.54, 1.807) is 18.2 Å². The lowest BCUT2D eigenvalue weighted by Gasteiger charge is -2.41. The molecule has 0 saturated carbocycles. The predicted molar refractivity (Wildman–Crippen MR) is 116 cm³/mol. The number of benzene rings is 3. The van der Waals surface area contributed by atoms with Crippen molar-refractivity contribution in [3.8, 4) is 16.9 Å². The molecule has 2 aliphatic heterocycles. The molecule has 6 heteroatoms. The minimum atomic E-state index is -0.750. The van der Waals surface area contributed by atoms with Crippen LogP contribution < -0.4 is 20.1 Å². The number of anilines is 3. The summed E-state index contributed by atoms with van der Waals surface area (Å²) in [5.74, 6) is 0.217. The summed E-state index contributed by atoms with van der Waals surface area (Å²) in [6.07, 6.45) is 0. The van der Waals surface area contributed by atoms with Crippen LogP contribution in [0.15, 0.2) is 60.7 Å². The van der Waals surface area contributed by atoms with Gasteiger partial charge in [-0.25, -0.2) is 9.40 Å². The normalized spacial score (nSPS) is 16.3. The number of hydrogen-bond acceptors (Lipinski definition) is 4. The maximum atomic E-state index is 14.1. The molecule has 0 spiro atoms. The van der Waals surface area contributed by atoms with E-state index >= 15 is 0 Å². The maximum absolute atomic E-state index is 14.1. The van der Waals surface area contributed by atoms with E-state index in [4.69, 9.17) is 4.74 Å². The molecule has 0 aliphatic carbocycles. The van der Waals surface area contributed by atoms with Crippen molar-refractivity contribution in [3.63, 3.8) is 0 Å². The van der Waals surface area contributed by atoms with Crippen LogP contribution in [0.2, 0.25) is 0 Å². The summed E-state index contributed by atoms with van der Waals surface area (Å²) in [4.78, 5) is 13.4. The first-order valence-electron chi connectivity index (χ1n) is 9.86. The lowest BCUT2D eigenvalue weighted by atomic mass is 9.93. The minimum Gasteiger partial charge on any atom is -0.496 e. The molecule has 5 rings (SSSR count). The van der Waals surface area contributed by atoms with Gasteiger partial charge in [-0.2, -0.15) is 0 Å². The van der Waals surface area contributed by atoms with Gasteiger partial charge >= 0.3 is 0 Å². The topological polar surface area (TPSA) is 44.8 Å². The van der Waals surface area contributed by atoms with Crippen LogP contribution in [-0.2, 0) is 11.3 Å². The first kappa shape index (κ1) is 18.5. The molecular weight excluding hydrogens is 381 g/mol. The molecule has 152 valence electrons. The number of para-hydroxylation sites is 1. The van der Waals surface area contributed by atoms with Crippen LogP contribution in [-0.4, -0.2) is 18.6 Å². The molecule has 1 N–H and O–H groups in total. The van der Waals surface area contributed by atoms with Crippen LogP contribution in [0, 0.1) is 5.82 Å². The molecule has 3 aromatic rings. The van der Waals surface area contributed by atoms with E-state index in [9.17, 15) is 9.18 Å². The first-order chi connectivity index (χ1) is 14.4. The Bertz CT molecular complexity index is 1160. The molecule has 1 amide bonds. The van der Waals surface area contributed by atoms with Crippen molar-refractivity contribution >= 4 is 23.0 Å². The van der Waals surface area contributed by atoms with E-state index in [1.165, 1.54) is 12.1 Å². The van der Waals surface area contributed by atoms with Gasteiger partial charge in [0.1, 0.15) is 17.1 Å². The summed E-state index contributed by atoms with van der Waals surface area (Å²) in [5, 5.41) is 7.10. The number of amides is 1. The average molecular weight is 403 g/mol. The van der Waals surface area contributed by atoms with Crippen molar-refractivity contribution in [3.05, 3.63) is 72.0 Å². The van der Waals surface area contributed by atoms with E-state index < -0.39 is 5.54 Å². The number of ether oxygens (including phenoxy) is 1. The van der Waals surface area contributed by atoms with Gasteiger partial charge in [0.15, 0.2) is 0 Å². The van der Waals surface area contributed by atoms with E-state index in [-0.39, 0.29) is 11.7 Å². The Balaban J connectivity index is 1.75. The summed E-state index contributed by atoms with van der Waals surface area (Å²) in [6.45, 7) is 4.25. The Morgan fingerprint density at radius 2 is 1.80 bits per heavy atom. The quantitative estimate of drug-likeness (QED) is 0.670. The maximum Gasteiger partial charge on any atom is 0.270 e. The predicted octanol–water partition coefficient (Wildman–Crippen LogP) is 4.97. The molecule has 0 radical (unpaired) electrons. The van der Waals surface area contributed by atoms with Crippen LogP contribution in [0.3, 0.4) is 0 Å². The molecule has 0 bridgehead atoms. The zero-order chi connectivity index (χ0) is 21.0. The summed E-state index contributed by atoms with van der Waals surface area (Å²) < 4.78 is 19.6. The minimum absolute atomic E-state index is 0.0408. The van der Waals surface area contributed by atoms with E-state index in [0.29, 0.717) is 17.9 Å². The summed E-state index contributed by atoms with van der Waals surface area (Å²) >= 11 is 0. The average Bonchev–Trinajstić information content (AvgIpc) is 3.14. The van der Waals surface area contributed by atoms with Crippen LogP contribution in [0.4, 0.5) is 21.5 Å². The molecule has 3 aromatic carbocycles. The van der Waals surface area contributed by atoms with Gasteiger partial charge in [-0.1, -0.05) is 24.3 Å². The molecular formula is C24H22FN3O2. The number of carbonyl (C=O) groups excluding carboxylic acids is 1. The zero-order valence-corrected chi connectivity index (χ0v) is 17.1. The Morgan fingerprint density at radius 3 is 2.53 bits per heavy atom. The van der Waals surface area contributed by atoms with Gasteiger partial charge < -0.3 is 10.1 Å². The van der Waals surface area contributed by atoms with Crippen molar-refractivity contribution in [2.75, 3.05) is 22.4 Å². The zero-order valence-electron chi connectivity index (χ0n) is 17.1. The highest BCUT2D eigenvalue weighted by Gasteiger charge is 2.46. The highest BCUT2D eigenvalue weighted by Crippen LogP contribution is 2.49. The third kappa shape index (κ3) is 2.64. The number of carbonyl (C=O) groups is 1. The second-order valence-electron chi connectivity index (χ2n) is 8.09. The smallest absolute Gasteiger partial charge is 0.270 e. The van der Waals surface area contributed by atoms with Gasteiger partial charge in [-0.05, 0) is 55.8 Å². The molecule has 0 fully saturated rings. The second-order valence-corrected chi connectivity index (χ2v) is 8.09. The third-order valence-corrected chi connectivity index (χ3v) is 5.72. The number of rotatable bonds is 3. The highest BCUT2D eigenvalue weighted by molar-refractivity contribution is 6.12. The largest absolute Gasteiger partial charge is 0.496 e. The van der Waals surface area contributed by atoms with Crippen molar-refractivity contribution in [2.24, 2.45) is 0 Å². The molecule has 0 aromatic heterocycles. The fourth-order valence-corrected chi connectivity index (χ4v) is 4.30. The standard InChI is InChI=1S/C24H22FN3O2/c1-24(2)23(29)28-22-19(14-27(28)16-7-5-4-6-8-16)17(10-11-20(22)26-24)18-13-15(25)9-12-21(18)30-3/h4-13,26H,14H2,1-3H3. The summed E-state index contributed by atoms with van der Waals surface area (Å²) in [5.41, 5.74) is 4.34. The Kier molecular flexibility index (Phi) is 4.00. The van der Waals surface area contributed by atoms with E-state index in [2.05, 4.69) is 5.32 Å². The highest BCUT2D eigenvalue weighted by atomic mass is 19.1. The Morgan fingerprint density at radius 1 is 1.03 bits per heavy atom. The molecule has 5 nitrogen and oxygen atoms in total. The molecule has 0 unspecified atom stereocenters. The van der Waals surface area contributed by atoms with Gasteiger partial charge in [0.2, 0.25) is 0 Å². The van der Waals surface area contributed by atoms with Gasteiger partial charge in [0.25, 0.3) is 5.91 Å². The Hall–Kier alpha value is -3.54.